The summed E-state index contributed by atoms with van der Waals surface area (Å²) in [5, 5.41) is 15.8. The van der Waals surface area contributed by atoms with E-state index in [2.05, 4.69) is 43.5 Å². The van der Waals surface area contributed by atoms with Crippen LogP contribution < -0.4 is 5.32 Å². The fraction of sp³-hybridized carbons (Fsp3) is 0.583. The van der Waals surface area contributed by atoms with Gasteiger partial charge in [0.05, 0.1) is 15.9 Å². The second kappa shape index (κ2) is 6.29. The Bertz CT molecular complexity index is 544. The quantitative estimate of drug-likeness (QED) is 0.816. The van der Waals surface area contributed by atoms with E-state index in [0.717, 1.165) is 42.0 Å². The topological polar surface area (TPSA) is 60.6 Å². The van der Waals surface area contributed by atoms with E-state index < -0.39 is 0 Å². The van der Waals surface area contributed by atoms with Gasteiger partial charge in [-0.15, -0.1) is 10.2 Å². The lowest BCUT2D eigenvalue weighted by molar-refractivity contribution is 0.573. The number of rotatable bonds is 6. The van der Waals surface area contributed by atoms with Crippen LogP contribution in [0.5, 0.6) is 0 Å². The molecule has 0 saturated heterocycles. The summed E-state index contributed by atoms with van der Waals surface area (Å²) in [6.07, 6.45) is 2.59. The highest BCUT2D eigenvalue weighted by Crippen LogP contribution is 2.20. The average molecular weight is 327 g/mol. The Hall–Kier alpha value is -1.21. The maximum Gasteiger partial charge on any atom is 0.133 e. The van der Waals surface area contributed by atoms with Gasteiger partial charge in [-0.25, -0.2) is 0 Å². The van der Waals surface area contributed by atoms with Crippen molar-refractivity contribution in [2.75, 3.05) is 6.54 Å². The molecule has 6 nitrogen and oxygen atoms in total. The Balaban J connectivity index is 1.88. The molecule has 2 heterocycles. The highest BCUT2D eigenvalue weighted by molar-refractivity contribution is 9.10. The molecule has 0 aliphatic rings. The summed E-state index contributed by atoms with van der Waals surface area (Å²) in [6.45, 7) is 6.66. The third kappa shape index (κ3) is 3.22. The number of hydrogen-bond acceptors (Lipinski definition) is 4. The van der Waals surface area contributed by atoms with Crippen LogP contribution in [0.1, 0.15) is 24.1 Å². The molecule has 0 saturated carbocycles. The number of nitrogens with one attached hydrogen (secondary N) is 1. The Labute approximate surface area is 121 Å². The standard InChI is InChI=1S/C12H19BrN6/c1-4-19-10(12(13)9(2)17-19)7-14-6-5-11-16-15-8-18(11)3/h8,14H,4-7H2,1-3H3. The zero-order valence-electron chi connectivity index (χ0n) is 11.5. The Morgan fingerprint density at radius 1 is 1.42 bits per heavy atom. The molecule has 0 atom stereocenters. The summed E-state index contributed by atoms with van der Waals surface area (Å²) in [6, 6.07) is 0. The smallest absolute Gasteiger partial charge is 0.133 e. The van der Waals surface area contributed by atoms with E-state index in [1.807, 2.05) is 23.2 Å². The first-order chi connectivity index (χ1) is 9.13. The monoisotopic (exact) mass is 326 g/mol. The zero-order valence-corrected chi connectivity index (χ0v) is 13.1. The van der Waals surface area contributed by atoms with Crippen molar-refractivity contribution in [3.05, 3.63) is 28.0 Å². The van der Waals surface area contributed by atoms with E-state index in [4.69, 9.17) is 0 Å². The molecular formula is C12H19BrN6. The molecular weight excluding hydrogens is 308 g/mol. The summed E-state index contributed by atoms with van der Waals surface area (Å²) >= 11 is 3.59. The van der Waals surface area contributed by atoms with Gasteiger partial charge in [-0.05, 0) is 29.8 Å². The highest BCUT2D eigenvalue weighted by atomic mass is 79.9. The van der Waals surface area contributed by atoms with Crippen molar-refractivity contribution in [3.8, 4) is 0 Å². The van der Waals surface area contributed by atoms with Crippen LogP contribution in [-0.4, -0.2) is 31.1 Å². The lowest BCUT2D eigenvalue weighted by Crippen LogP contribution is -2.20. The van der Waals surface area contributed by atoms with Crippen LogP contribution in [0.3, 0.4) is 0 Å². The van der Waals surface area contributed by atoms with Crippen LogP contribution in [0.15, 0.2) is 10.8 Å². The van der Waals surface area contributed by atoms with Crippen molar-refractivity contribution in [2.24, 2.45) is 7.05 Å². The van der Waals surface area contributed by atoms with Crippen LogP contribution in [-0.2, 0) is 26.6 Å². The van der Waals surface area contributed by atoms with Crippen molar-refractivity contribution in [1.29, 1.82) is 0 Å². The number of nitrogens with zero attached hydrogens (tertiary/aromatic N) is 5. The molecule has 7 heteroatoms. The molecule has 2 aromatic rings. The van der Waals surface area contributed by atoms with Gasteiger partial charge in [-0.3, -0.25) is 4.68 Å². The van der Waals surface area contributed by atoms with Crippen molar-refractivity contribution < 1.29 is 0 Å². The third-order valence-corrected chi connectivity index (χ3v) is 4.11. The molecule has 2 aromatic heterocycles. The SMILES string of the molecule is CCn1nc(C)c(Br)c1CNCCc1nncn1C. The van der Waals surface area contributed by atoms with Gasteiger partial charge in [0.2, 0.25) is 0 Å². The largest absolute Gasteiger partial charge is 0.321 e. The minimum atomic E-state index is 0.799. The Kier molecular flexibility index (Phi) is 4.71. The van der Waals surface area contributed by atoms with E-state index in [-0.39, 0.29) is 0 Å². The molecule has 0 fully saturated rings. The van der Waals surface area contributed by atoms with Gasteiger partial charge in [0, 0.05) is 33.1 Å². The van der Waals surface area contributed by atoms with Crippen molar-refractivity contribution in [2.45, 2.75) is 33.4 Å². The van der Waals surface area contributed by atoms with Crippen LogP contribution in [0.4, 0.5) is 0 Å². The van der Waals surface area contributed by atoms with Crippen LogP contribution >= 0.6 is 15.9 Å². The van der Waals surface area contributed by atoms with Crippen LogP contribution in [0.2, 0.25) is 0 Å². The van der Waals surface area contributed by atoms with E-state index in [1.54, 1.807) is 6.33 Å². The van der Waals surface area contributed by atoms with Crippen molar-refractivity contribution >= 4 is 15.9 Å². The summed E-state index contributed by atoms with van der Waals surface area (Å²) in [4.78, 5) is 0. The first kappa shape index (κ1) is 14.2. The molecule has 2 rings (SSSR count). The molecule has 0 aliphatic carbocycles. The van der Waals surface area contributed by atoms with E-state index in [9.17, 15) is 0 Å². The van der Waals surface area contributed by atoms with Gasteiger partial charge < -0.3 is 9.88 Å². The highest BCUT2D eigenvalue weighted by Gasteiger charge is 2.11. The summed E-state index contributed by atoms with van der Waals surface area (Å²) in [7, 11) is 1.96. The maximum absolute atomic E-state index is 4.47. The zero-order chi connectivity index (χ0) is 13.8. The number of aromatic nitrogens is 5. The summed E-state index contributed by atoms with van der Waals surface area (Å²) in [5.74, 6) is 0.992. The summed E-state index contributed by atoms with van der Waals surface area (Å²) in [5.41, 5.74) is 2.23. The van der Waals surface area contributed by atoms with Gasteiger partial charge in [-0.2, -0.15) is 5.10 Å². The average Bonchev–Trinajstić information content (AvgIpc) is 2.92. The molecule has 0 bridgehead atoms. The fourth-order valence-corrected chi connectivity index (χ4v) is 2.40. The van der Waals surface area contributed by atoms with Gasteiger partial charge in [0.15, 0.2) is 0 Å². The third-order valence-electron chi connectivity index (χ3n) is 3.08. The molecule has 0 unspecified atom stereocenters. The Morgan fingerprint density at radius 3 is 2.84 bits per heavy atom. The number of halogens is 1. The molecule has 19 heavy (non-hydrogen) atoms. The molecule has 0 radical (unpaired) electrons. The molecule has 0 aromatic carbocycles. The van der Waals surface area contributed by atoms with Crippen LogP contribution in [0.25, 0.3) is 0 Å². The van der Waals surface area contributed by atoms with Gasteiger partial charge in [0.25, 0.3) is 0 Å². The number of aryl methyl sites for hydroxylation is 3. The lowest BCUT2D eigenvalue weighted by atomic mass is 10.3. The second-order valence-corrected chi connectivity index (χ2v) is 5.24. The lowest BCUT2D eigenvalue weighted by Gasteiger charge is -2.07. The minimum Gasteiger partial charge on any atom is -0.321 e. The predicted octanol–water partition coefficient (Wildman–Crippen LogP) is 1.43. The van der Waals surface area contributed by atoms with Crippen molar-refractivity contribution in [3.63, 3.8) is 0 Å². The van der Waals surface area contributed by atoms with E-state index >= 15 is 0 Å². The molecule has 104 valence electrons. The minimum absolute atomic E-state index is 0.799. The fourth-order valence-electron chi connectivity index (χ4n) is 1.98. The van der Waals surface area contributed by atoms with Gasteiger partial charge in [-0.1, -0.05) is 0 Å². The van der Waals surface area contributed by atoms with Crippen molar-refractivity contribution in [1.82, 2.24) is 29.9 Å². The maximum atomic E-state index is 4.47. The van der Waals surface area contributed by atoms with Crippen LogP contribution in [0, 0.1) is 6.92 Å². The molecule has 0 aliphatic heterocycles. The van der Waals surface area contributed by atoms with E-state index in [1.165, 1.54) is 5.69 Å². The first-order valence-corrected chi connectivity index (χ1v) is 7.18. The summed E-state index contributed by atoms with van der Waals surface area (Å²) < 4.78 is 5.06. The van der Waals surface area contributed by atoms with Gasteiger partial charge in [0.1, 0.15) is 12.2 Å². The second-order valence-electron chi connectivity index (χ2n) is 4.45. The molecule has 1 N–H and O–H groups in total. The first-order valence-electron chi connectivity index (χ1n) is 6.38. The molecule has 0 spiro atoms. The van der Waals surface area contributed by atoms with Gasteiger partial charge >= 0.3 is 0 Å². The Morgan fingerprint density at radius 2 is 2.21 bits per heavy atom. The normalized spacial score (nSPS) is 11.2. The predicted molar refractivity (Wildman–Crippen MR) is 76.8 cm³/mol. The number of hydrogen-bond donors (Lipinski definition) is 1. The molecule has 0 amide bonds. The van der Waals surface area contributed by atoms with E-state index in [0.29, 0.717) is 0 Å².